The Hall–Kier alpha value is -3.08. The van der Waals surface area contributed by atoms with Gasteiger partial charge in [-0.1, -0.05) is 19.1 Å². The van der Waals surface area contributed by atoms with Gasteiger partial charge in [-0.3, -0.25) is 10.7 Å². The average molecular weight is 454 g/mol. The largest absolute Gasteiger partial charge is 0.358 e. The van der Waals surface area contributed by atoms with E-state index in [4.69, 9.17) is 20.2 Å². The zero-order valence-corrected chi connectivity index (χ0v) is 18.5. The lowest BCUT2D eigenvalue weighted by Gasteiger charge is -2.44. The molecule has 2 saturated heterocycles. The van der Waals surface area contributed by atoms with Crippen LogP contribution in [0.1, 0.15) is 31.2 Å². The molecule has 3 aliphatic rings. The number of aliphatic imine (C=N–C) groups is 1. The van der Waals surface area contributed by atoms with Crippen LogP contribution in [-0.2, 0) is 9.47 Å². The van der Waals surface area contributed by atoms with Crippen LogP contribution < -0.4 is 16.4 Å². The molecule has 0 saturated carbocycles. The summed E-state index contributed by atoms with van der Waals surface area (Å²) < 4.78 is 25.2. The van der Waals surface area contributed by atoms with Crippen molar-refractivity contribution in [2.24, 2.45) is 10.7 Å². The Morgan fingerprint density at radius 2 is 1.88 bits per heavy atom. The molecule has 0 radical (unpaired) electrons. The van der Waals surface area contributed by atoms with Crippen LogP contribution in [-0.4, -0.2) is 58.6 Å². The number of amidine groups is 1. The Morgan fingerprint density at radius 1 is 1.15 bits per heavy atom. The molecule has 1 unspecified atom stereocenters. The van der Waals surface area contributed by atoms with Gasteiger partial charge in [0, 0.05) is 50.3 Å². The summed E-state index contributed by atoms with van der Waals surface area (Å²) >= 11 is 0. The zero-order chi connectivity index (χ0) is 22.9. The van der Waals surface area contributed by atoms with Crippen molar-refractivity contribution in [1.82, 2.24) is 20.2 Å². The number of halogens is 1. The molecular formula is C23H28FN7O2. The first-order valence-corrected chi connectivity index (χ1v) is 11.1. The van der Waals surface area contributed by atoms with Crippen LogP contribution in [0.15, 0.2) is 59.7 Å². The van der Waals surface area contributed by atoms with Gasteiger partial charge in [0.2, 0.25) is 0 Å². The predicted octanol–water partition coefficient (Wildman–Crippen LogP) is 2.13. The average Bonchev–Trinajstić information content (AvgIpc) is 3.28. The number of hydrogen-bond donors (Lipinski definition) is 3. The first kappa shape index (κ1) is 21.7. The van der Waals surface area contributed by atoms with E-state index in [1.54, 1.807) is 30.7 Å². The molecule has 10 heteroatoms. The lowest BCUT2D eigenvalue weighted by Crippen LogP contribution is -2.60. The summed E-state index contributed by atoms with van der Waals surface area (Å²) in [6.45, 7) is 4.75. The second-order valence-corrected chi connectivity index (χ2v) is 8.56. The fourth-order valence-corrected chi connectivity index (χ4v) is 4.44. The summed E-state index contributed by atoms with van der Waals surface area (Å²) in [5.41, 5.74) is 7.72. The quantitative estimate of drug-likeness (QED) is 0.646. The van der Waals surface area contributed by atoms with E-state index < -0.39 is 11.6 Å². The standard InChI is InChI=1S/C23H28FN7O2/c1-16(17-2-4-18(24)5-3-17)23(25)29-19(28-20-15-26-8-9-27-20)14-21(30-23)31-10-6-22(7-11-31)32-12-13-33-22/h2-5,8-9,14-16,30H,6-7,10-13,25H2,1H3,(H,27,28,29)/t16-,23?/m0/s1. The number of nitrogens with zero attached hydrogens (tertiary/aromatic N) is 4. The number of piperidine rings is 1. The van der Waals surface area contributed by atoms with Gasteiger partial charge in [-0.25, -0.2) is 14.4 Å². The monoisotopic (exact) mass is 453 g/mol. The highest BCUT2D eigenvalue weighted by molar-refractivity contribution is 6.04. The van der Waals surface area contributed by atoms with Crippen molar-refractivity contribution in [1.29, 1.82) is 0 Å². The minimum absolute atomic E-state index is 0.252. The van der Waals surface area contributed by atoms with Gasteiger partial charge in [-0.05, 0) is 17.7 Å². The van der Waals surface area contributed by atoms with E-state index in [0.717, 1.165) is 37.3 Å². The number of hydrogen-bond acceptors (Lipinski definition) is 9. The van der Waals surface area contributed by atoms with Crippen LogP contribution in [0.25, 0.3) is 0 Å². The third-order valence-electron chi connectivity index (χ3n) is 6.44. The van der Waals surface area contributed by atoms with E-state index >= 15 is 0 Å². The van der Waals surface area contributed by atoms with Gasteiger partial charge >= 0.3 is 0 Å². The van der Waals surface area contributed by atoms with Crippen LogP contribution in [0.5, 0.6) is 0 Å². The summed E-state index contributed by atoms with van der Waals surface area (Å²) in [6, 6.07) is 6.34. The van der Waals surface area contributed by atoms with Gasteiger partial charge in [0.05, 0.1) is 19.4 Å². The summed E-state index contributed by atoms with van der Waals surface area (Å²) in [7, 11) is 0. The van der Waals surface area contributed by atoms with Gasteiger partial charge in [0.15, 0.2) is 11.6 Å². The fraction of sp³-hybridized carbons (Fsp3) is 0.435. The summed E-state index contributed by atoms with van der Waals surface area (Å²) in [6.07, 6.45) is 8.29. The molecule has 33 heavy (non-hydrogen) atoms. The maximum atomic E-state index is 13.5. The molecular weight excluding hydrogens is 425 g/mol. The Balaban J connectivity index is 1.42. The minimum atomic E-state index is -1.16. The van der Waals surface area contributed by atoms with Crippen molar-refractivity contribution in [2.75, 3.05) is 31.6 Å². The minimum Gasteiger partial charge on any atom is -0.358 e. The van der Waals surface area contributed by atoms with Crippen LogP contribution in [0.4, 0.5) is 10.2 Å². The highest BCUT2D eigenvalue weighted by atomic mass is 19.1. The molecule has 0 aliphatic carbocycles. The van der Waals surface area contributed by atoms with Gasteiger partial charge in [-0.15, -0.1) is 0 Å². The van der Waals surface area contributed by atoms with E-state index in [1.807, 2.05) is 13.0 Å². The maximum absolute atomic E-state index is 13.5. The van der Waals surface area contributed by atoms with Gasteiger partial charge in [0.1, 0.15) is 23.3 Å². The van der Waals surface area contributed by atoms with E-state index in [9.17, 15) is 4.39 Å². The van der Waals surface area contributed by atoms with Gasteiger partial charge < -0.3 is 25.0 Å². The lowest BCUT2D eigenvalue weighted by molar-refractivity contribution is -0.183. The van der Waals surface area contributed by atoms with E-state index in [0.29, 0.717) is 24.9 Å². The fourth-order valence-electron chi connectivity index (χ4n) is 4.44. The van der Waals surface area contributed by atoms with Gasteiger partial charge in [-0.2, -0.15) is 0 Å². The Labute approximate surface area is 191 Å². The molecule has 4 N–H and O–H groups in total. The number of likely N-dealkylation sites (tertiary alicyclic amines) is 1. The van der Waals surface area contributed by atoms with Crippen molar-refractivity contribution in [3.8, 4) is 0 Å². The van der Waals surface area contributed by atoms with E-state index in [-0.39, 0.29) is 11.7 Å². The van der Waals surface area contributed by atoms with Crippen molar-refractivity contribution in [2.45, 2.75) is 37.3 Å². The number of anilines is 1. The van der Waals surface area contributed by atoms with Crippen molar-refractivity contribution in [3.63, 3.8) is 0 Å². The van der Waals surface area contributed by atoms with E-state index in [1.165, 1.54) is 12.1 Å². The smallest absolute Gasteiger partial charge is 0.192 e. The van der Waals surface area contributed by atoms with Crippen LogP contribution >= 0.6 is 0 Å². The molecule has 3 aliphatic heterocycles. The Morgan fingerprint density at radius 3 is 2.55 bits per heavy atom. The molecule has 1 aromatic heterocycles. The third-order valence-corrected chi connectivity index (χ3v) is 6.44. The van der Waals surface area contributed by atoms with Gasteiger partial charge in [0.25, 0.3) is 0 Å². The summed E-state index contributed by atoms with van der Waals surface area (Å²) in [5, 5.41) is 6.65. The highest BCUT2D eigenvalue weighted by Crippen LogP contribution is 2.34. The number of rotatable bonds is 4. The SMILES string of the molecule is C[C@@H](c1ccc(F)cc1)C1(N)N=C(Nc2cnccn2)C=C(N2CCC3(CC2)OCCO3)N1. The van der Waals surface area contributed by atoms with Crippen molar-refractivity contribution >= 4 is 11.7 Å². The normalized spacial score (nSPS) is 25.2. The van der Waals surface area contributed by atoms with Crippen LogP contribution in [0.3, 0.4) is 0 Å². The topological polar surface area (TPSA) is 110 Å². The molecule has 1 aromatic carbocycles. The number of nitrogens with one attached hydrogen (secondary N) is 2. The molecule has 2 aromatic rings. The molecule has 1 spiro atoms. The number of benzene rings is 1. The molecule has 2 atom stereocenters. The lowest BCUT2D eigenvalue weighted by atomic mass is 9.93. The maximum Gasteiger partial charge on any atom is 0.192 e. The van der Waals surface area contributed by atoms with Crippen molar-refractivity contribution in [3.05, 3.63) is 66.1 Å². The molecule has 5 rings (SSSR count). The number of nitrogens with two attached hydrogens (primary N) is 1. The number of aromatic nitrogens is 2. The number of ether oxygens (including phenoxy) is 2. The Bertz CT molecular complexity index is 1030. The first-order chi connectivity index (χ1) is 15.9. The molecule has 2 fully saturated rings. The summed E-state index contributed by atoms with van der Waals surface area (Å²) in [4.78, 5) is 15.4. The van der Waals surface area contributed by atoms with Crippen LogP contribution in [0.2, 0.25) is 0 Å². The third kappa shape index (κ3) is 4.54. The Kier molecular flexibility index (Phi) is 5.73. The second-order valence-electron chi connectivity index (χ2n) is 8.56. The predicted molar refractivity (Wildman–Crippen MR) is 121 cm³/mol. The van der Waals surface area contributed by atoms with Crippen LogP contribution in [0, 0.1) is 5.82 Å². The molecule has 0 bridgehead atoms. The second kappa shape index (κ2) is 8.69. The first-order valence-electron chi connectivity index (χ1n) is 11.1. The van der Waals surface area contributed by atoms with E-state index in [2.05, 4.69) is 25.5 Å². The highest BCUT2D eigenvalue weighted by Gasteiger charge is 2.42. The molecule has 0 amide bonds. The molecule has 9 nitrogen and oxygen atoms in total. The molecule has 174 valence electrons. The molecule has 4 heterocycles. The zero-order valence-electron chi connectivity index (χ0n) is 18.5. The van der Waals surface area contributed by atoms with Crippen molar-refractivity contribution < 1.29 is 13.9 Å². The summed E-state index contributed by atoms with van der Waals surface area (Å²) in [5.74, 6) is -0.200.